The second-order valence-electron chi connectivity index (χ2n) is 3.61. The summed E-state index contributed by atoms with van der Waals surface area (Å²) in [4.78, 5) is 0. The van der Waals surface area contributed by atoms with E-state index in [4.69, 9.17) is 0 Å². The molecule has 1 N–H and O–H groups in total. The highest BCUT2D eigenvalue weighted by Crippen LogP contribution is 2.22. The number of nitrogens with one attached hydrogen (secondary N) is 1. The first-order valence-electron chi connectivity index (χ1n) is 4.85. The van der Waals surface area contributed by atoms with Gasteiger partial charge in [0.2, 0.25) is 0 Å². The van der Waals surface area contributed by atoms with Crippen molar-refractivity contribution in [3.8, 4) is 0 Å². The summed E-state index contributed by atoms with van der Waals surface area (Å²) < 4.78 is 0. The second-order valence-corrected chi connectivity index (χ2v) is 3.61. The van der Waals surface area contributed by atoms with Crippen LogP contribution in [0.15, 0.2) is 0 Å². The lowest BCUT2D eigenvalue weighted by molar-refractivity contribution is 0.235. The van der Waals surface area contributed by atoms with E-state index in [2.05, 4.69) is 39.9 Å². The highest BCUT2D eigenvalue weighted by molar-refractivity contribution is 4.85. The molecule has 1 nitrogen and oxygen atoms in total. The molecule has 0 radical (unpaired) electrons. The van der Waals surface area contributed by atoms with E-state index in [-0.39, 0.29) is 0 Å². The van der Waals surface area contributed by atoms with Gasteiger partial charge >= 0.3 is 0 Å². The van der Waals surface area contributed by atoms with Crippen LogP contribution in [0.1, 0.15) is 47.5 Å². The summed E-state index contributed by atoms with van der Waals surface area (Å²) in [6, 6.07) is 0. The molecule has 0 aromatic rings. The second kappa shape index (κ2) is 4.76. The highest BCUT2D eigenvalue weighted by Gasteiger charge is 2.26. The molecule has 0 heterocycles. The fraction of sp³-hybridized carbons (Fsp3) is 1.00. The van der Waals surface area contributed by atoms with E-state index in [0.29, 0.717) is 5.54 Å². The standard InChI is InChI=1S/C10H23N/c1-6-9(4)10(5,7-2)11-8-3/h9,11H,6-8H2,1-5H3. The number of rotatable bonds is 5. The molecule has 0 aliphatic carbocycles. The highest BCUT2D eigenvalue weighted by atomic mass is 15.0. The van der Waals surface area contributed by atoms with Gasteiger partial charge in [0, 0.05) is 5.54 Å². The number of hydrogen-bond acceptors (Lipinski definition) is 1. The lowest BCUT2D eigenvalue weighted by atomic mass is 9.83. The smallest absolute Gasteiger partial charge is 0.0176 e. The van der Waals surface area contributed by atoms with Crippen molar-refractivity contribution in [1.29, 1.82) is 0 Å². The van der Waals surface area contributed by atoms with E-state index < -0.39 is 0 Å². The molecule has 2 atom stereocenters. The molecule has 0 aromatic carbocycles. The van der Waals surface area contributed by atoms with Gasteiger partial charge in [-0.2, -0.15) is 0 Å². The first-order valence-corrected chi connectivity index (χ1v) is 4.85. The van der Waals surface area contributed by atoms with Crippen LogP contribution in [0.2, 0.25) is 0 Å². The third-order valence-corrected chi connectivity index (χ3v) is 3.02. The molecule has 68 valence electrons. The van der Waals surface area contributed by atoms with E-state index in [0.717, 1.165) is 12.5 Å². The molecule has 2 unspecified atom stereocenters. The molecule has 0 fully saturated rings. The van der Waals surface area contributed by atoms with Crippen LogP contribution in [-0.4, -0.2) is 12.1 Å². The summed E-state index contributed by atoms with van der Waals surface area (Å²) in [6.07, 6.45) is 2.48. The van der Waals surface area contributed by atoms with Crippen molar-refractivity contribution in [3.05, 3.63) is 0 Å². The van der Waals surface area contributed by atoms with Gasteiger partial charge in [-0.15, -0.1) is 0 Å². The molecule has 0 aliphatic rings. The predicted molar refractivity (Wildman–Crippen MR) is 51.8 cm³/mol. The predicted octanol–water partition coefficient (Wildman–Crippen LogP) is 2.81. The van der Waals surface area contributed by atoms with Crippen molar-refractivity contribution >= 4 is 0 Å². The Balaban J connectivity index is 4.07. The Labute approximate surface area is 71.6 Å². The molecule has 11 heavy (non-hydrogen) atoms. The Morgan fingerprint density at radius 2 is 1.82 bits per heavy atom. The van der Waals surface area contributed by atoms with Crippen LogP contribution in [0.4, 0.5) is 0 Å². The Bertz CT molecular complexity index is 101. The van der Waals surface area contributed by atoms with Gasteiger partial charge in [-0.3, -0.25) is 0 Å². The monoisotopic (exact) mass is 157 g/mol. The van der Waals surface area contributed by atoms with Crippen molar-refractivity contribution in [2.24, 2.45) is 5.92 Å². The Morgan fingerprint density at radius 3 is 2.09 bits per heavy atom. The maximum absolute atomic E-state index is 3.56. The van der Waals surface area contributed by atoms with Gasteiger partial charge < -0.3 is 5.32 Å². The fourth-order valence-electron chi connectivity index (χ4n) is 1.50. The largest absolute Gasteiger partial charge is 0.312 e. The molecule has 0 amide bonds. The van der Waals surface area contributed by atoms with Gasteiger partial charge in [0.25, 0.3) is 0 Å². The van der Waals surface area contributed by atoms with Gasteiger partial charge in [-0.25, -0.2) is 0 Å². The van der Waals surface area contributed by atoms with Crippen molar-refractivity contribution in [2.75, 3.05) is 6.54 Å². The van der Waals surface area contributed by atoms with Crippen LogP contribution in [0, 0.1) is 5.92 Å². The van der Waals surface area contributed by atoms with E-state index in [1.54, 1.807) is 0 Å². The Hall–Kier alpha value is -0.0400. The van der Waals surface area contributed by atoms with Crippen LogP contribution in [0.3, 0.4) is 0 Å². The van der Waals surface area contributed by atoms with Crippen molar-refractivity contribution < 1.29 is 0 Å². The molecule has 0 saturated heterocycles. The third kappa shape index (κ3) is 2.82. The van der Waals surface area contributed by atoms with Crippen LogP contribution < -0.4 is 5.32 Å². The molecular weight excluding hydrogens is 134 g/mol. The van der Waals surface area contributed by atoms with Crippen molar-refractivity contribution in [3.63, 3.8) is 0 Å². The fourth-order valence-corrected chi connectivity index (χ4v) is 1.50. The molecule has 1 heteroatoms. The molecular formula is C10H23N. The number of hydrogen-bond donors (Lipinski definition) is 1. The summed E-state index contributed by atoms with van der Waals surface area (Å²) >= 11 is 0. The maximum atomic E-state index is 3.56. The molecule has 0 aromatic heterocycles. The van der Waals surface area contributed by atoms with E-state index >= 15 is 0 Å². The van der Waals surface area contributed by atoms with Crippen LogP contribution in [0.5, 0.6) is 0 Å². The van der Waals surface area contributed by atoms with Gasteiger partial charge in [-0.05, 0) is 25.8 Å². The van der Waals surface area contributed by atoms with E-state index in [1.165, 1.54) is 12.8 Å². The average molecular weight is 157 g/mol. The zero-order chi connectivity index (χ0) is 8.91. The minimum atomic E-state index is 0.351. The topological polar surface area (TPSA) is 12.0 Å². The Kier molecular flexibility index (Phi) is 4.74. The summed E-state index contributed by atoms with van der Waals surface area (Å²) in [5.41, 5.74) is 0.351. The molecule has 0 spiro atoms. The van der Waals surface area contributed by atoms with Crippen LogP contribution in [-0.2, 0) is 0 Å². The SMILES string of the molecule is CCNC(C)(CC)C(C)CC. The minimum absolute atomic E-state index is 0.351. The third-order valence-electron chi connectivity index (χ3n) is 3.02. The van der Waals surface area contributed by atoms with Gasteiger partial charge in [0.15, 0.2) is 0 Å². The normalized spacial score (nSPS) is 19.4. The Morgan fingerprint density at radius 1 is 1.27 bits per heavy atom. The van der Waals surface area contributed by atoms with Crippen molar-refractivity contribution in [1.82, 2.24) is 5.32 Å². The minimum Gasteiger partial charge on any atom is -0.312 e. The van der Waals surface area contributed by atoms with Gasteiger partial charge in [0.1, 0.15) is 0 Å². The molecule has 0 bridgehead atoms. The first-order chi connectivity index (χ1) is 5.10. The van der Waals surface area contributed by atoms with Gasteiger partial charge in [-0.1, -0.05) is 34.1 Å². The lowest BCUT2D eigenvalue weighted by Crippen LogP contribution is -2.46. The zero-order valence-electron chi connectivity index (χ0n) is 8.70. The molecule has 0 aliphatic heterocycles. The quantitative estimate of drug-likeness (QED) is 0.647. The molecule has 0 saturated carbocycles. The average Bonchev–Trinajstić information content (AvgIpc) is 2.03. The van der Waals surface area contributed by atoms with Gasteiger partial charge in [0.05, 0.1) is 0 Å². The van der Waals surface area contributed by atoms with Crippen molar-refractivity contribution in [2.45, 2.75) is 53.0 Å². The summed E-state index contributed by atoms with van der Waals surface area (Å²) in [7, 11) is 0. The first kappa shape index (κ1) is 11.0. The van der Waals surface area contributed by atoms with E-state index in [1.807, 2.05) is 0 Å². The lowest BCUT2D eigenvalue weighted by Gasteiger charge is -2.35. The summed E-state index contributed by atoms with van der Waals surface area (Å²) in [5, 5.41) is 3.56. The zero-order valence-corrected chi connectivity index (χ0v) is 8.70. The summed E-state index contributed by atoms with van der Waals surface area (Å²) in [5.74, 6) is 0.771. The molecule has 0 rings (SSSR count). The van der Waals surface area contributed by atoms with Crippen LogP contribution >= 0.6 is 0 Å². The van der Waals surface area contributed by atoms with Crippen LogP contribution in [0.25, 0.3) is 0 Å². The summed E-state index contributed by atoms with van der Waals surface area (Å²) in [6.45, 7) is 12.4. The van der Waals surface area contributed by atoms with E-state index in [9.17, 15) is 0 Å². The maximum Gasteiger partial charge on any atom is 0.0176 e.